The van der Waals surface area contributed by atoms with E-state index in [2.05, 4.69) is 31.6 Å². The average molecular weight is 568 g/mol. The number of aliphatic carboxylic acids is 1. The highest BCUT2D eigenvalue weighted by Gasteiger charge is 2.39. The second-order valence-electron chi connectivity index (χ2n) is 8.40. The first-order valence-corrected chi connectivity index (χ1v) is 12.1. The van der Waals surface area contributed by atoms with Gasteiger partial charge in [0.05, 0.1) is 23.2 Å². The smallest absolute Gasteiger partial charge is 0.389 e. The lowest BCUT2D eigenvalue weighted by Crippen LogP contribution is -2.47. The third-order valence-electron chi connectivity index (χ3n) is 5.83. The van der Waals surface area contributed by atoms with Crippen LogP contribution in [0.4, 0.5) is 18.9 Å². The molecule has 192 valence electrons. The van der Waals surface area contributed by atoms with E-state index in [1.165, 1.54) is 0 Å². The lowest BCUT2D eigenvalue weighted by molar-refractivity contribution is -0.153. The van der Waals surface area contributed by atoms with Crippen LogP contribution in [-0.2, 0) is 14.4 Å². The predicted molar refractivity (Wildman–Crippen MR) is 132 cm³/mol. The molecule has 36 heavy (non-hydrogen) atoms. The predicted octanol–water partition coefficient (Wildman–Crippen LogP) is 5.14. The van der Waals surface area contributed by atoms with Crippen LogP contribution in [0.1, 0.15) is 43.7 Å². The Balaban J connectivity index is 1.99. The zero-order valence-corrected chi connectivity index (χ0v) is 20.9. The van der Waals surface area contributed by atoms with Crippen LogP contribution in [0.15, 0.2) is 58.0 Å². The fraction of sp³-hybridized carbons (Fsp3) is 0.360. The van der Waals surface area contributed by atoms with Crippen molar-refractivity contribution in [3.8, 4) is 0 Å². The molecule has 3 rings (SSSR count). The third kappa shape index (κ3) is 6.71. The van der Waals surface area contributed by atoms with Crippen molar-refractivity contribution in [2.75, 3.05) is 5.32 Å². The standard InChI is InChI=1S/C25H25BrF3N3O4/c1-2-7-16(24(35)36)15(12-13-25(27,28)29)22(33)32-21-23(34)31-20-17(10-6-11-18(20)26)19(30-21)14-8-4-3-5-9-14/h3-6,8-11,15-16,21H,2,7,12-13H2,1H3,(H,31,34)(H,32,33)(H,35,36). The molecule has 2 aromatic carbocycles. The van der Waals surface area contributed by atoms with Gasteiger partial charge in [0, 0.05) is 22.0 Å². The number of rotatable bonds is 9. The third-order valence-corrected chi connectivity index (χ3v) is 6.49. The van der Waals surface area contributed by atoms with Crippen molar-refractivity contribution < 1.29 is 32.7 Å². The number of hydrogen-bond acceptors (Lipinski definition) is 4. The van der Waals surface area contributed by atoms with Crippen molar-refractivity contribution in [2.24, 2.45) is 16.8 Å². The number of nitrogens with zero attached hydrogens (tertiary/aromatic N) is 1. The highest BCUT2D eigenvalue weighted by atomic mass is 79.9. The largest absolute Gasteiger partial charge is 0.481 e. The molecule has 1 aliphatic rings. The number of carbonyl (C=O) groups is 3. The number of aliphatic imine (C=N–C) groups is 1. The van der Waals surface area contributed by atoms with Crippen LogP contribution in [0, 0.1) is 11.8 Å². The number of carbonyl (C=O) groups excluding carboxylic acids is 2. The number of hydrogen-bond donors (Lipinski definition) is 3. The Kier molecular flexibility index (Phi) is 8.89. The molecule has 3 unspecified atom stereocenters. The average Bonchev–Trinajstić information content (AvgIpc) is 2.95. The molecule has 2 amide bonds. The fourth-order valence-corrected chi connectivity index (χ4v) is 4.57. The summed E-state index contributed by atoms with van der Waals surface area (Å²) in [5.74, 6) is -5.88. The number of halogens is 4. The molecule has 0 spiro atoms. The molecule has 1 aliphatic heterocycles. The summed E-state index contributed by atoms with van der Waals surface area (Å²) >= 11 is 3.40. The number of carboxylic acid groups (broad SMARTS) is 1. The summed E-state index contributed by atoms with van der Waals surface area (Å²) in [4.78, 5) is 42.5. The quantitative estimate of drug-likeness (QED) is 0.390. The zero-order valence-electron chi connectivity index (χ0n) is 19.3. The fourth-order valence-electron chi connectivity index (χ4n) is 4.10. The van der Waals surface area contributed by atoms with E-state index in [-0.39, 0.29) is 6.42 Å². The number of para-hydroxylation sites is 1. The van der Waals surface area contributed by atoms with Gasteiger partial charge in [-0.15, -0.1) is 0 Å². The molecular formula is C25H25BrF3N3O4. The summed E-state index contributed by atoms with van der Waals surface area (Å²) in [5, 5.41) is 14.7. The molecule has 0 radical (unpaired) electrons. The maximum absolute atomic E-state index is 13.2. The second kappa shape index (κ2) is 11.7. The number of carboxylic acids is 1. The summed E-state index contributed by atoms with van der Waals surface area (Å²) < 4.78 is 39.5. The van der Waals surface area contributed by atoms with Crippen LogP contribution < -0.4 is 10.6 Å². The Morgan fingerprint density at radius 3 is 2.42 bits per heavy atom. The van der Waals surface area contributed by atoms with Gasteiger partial charge in [-0.3, -0.25) is 14.4 Å². The minimum atomic E-state index is -4.57. The monoisotopic (exact) mass is 567 g/mol. The van der Waals surface area contributed by atoms with E-state index in [1.54, 1.807) is 55.5 Å². The summed E-state index contributed by atoms with van der Waals surface area (Å²) in [6, 6.07) is 14.1. The van der Waals surface area contributed by atoms with Crippen LogP contribution in [-0.4, -0.2) is 40.9 Å². The molecule has 0 saturated heterocycles. The molecule has 3 atom stereocenters. The SMILES string of the molecule is CCCC(C(=O)O)C(CCC(F)(F)F)C(=O)NC1N=C(c2ccccc2)c2cccc(Br)c2NC1=O. The van der Waals surface area contributed by atoms with Crippen LogP contribution in [0.5, 0.6) is 0 Å². The van der Waals surface area contributed by atoms with Crippen LogP contribution in [0.2, 0.25) is 0 Å². The van der Waals surface area contributed by atoms with Gasteiger partial charge in [0.1, 0.15) is 0 Å². The number of anilines is 1. The van der Waals surface area contributed by atoms with Crippen molar-refractivity contribution in [1.82, 2.24) is 5.32 Å². The first kappa shape index (κ1) is 27.4. The highest BCUT2D eigenvalue weighted by Crippen LogP contribution is 2.32. The topological polar surface area (TPSA) is 108 Å². The normalized spacial score (nSPS) is 17.2. The number of fused-ring (bicyclic) bond motifs is 1. The number of benzene rings is 2. The summed E-state index contributed by atoms with van der Waals surface area (Å²) in [6.45, 7) is 1.68. The lowest BCUT2D eigenvalue weighted by Gasteiger charge is -2.25. The van der Waals surface area contributed by atoms with Gasteiger partial charge in [0.15, 0.2) is 0 Å². The Hall–Kier alpha value is -3.21. The zero-order chi connectivity index (χ0) is 26.5. The summed E-state index contributed by atoms with van der Waals surface area (Å²) in [6.07, 6.45) is -7.74. The van der Waals surface area contributed by atoms with Crippen molar-refractivity contribution >= 4 is 45.1 Å². The Morgan fingerprint density at radius 1 is 1.11 bits per heavy atom. The molecule has 0 bridgehead atoms. The molecule has 0 aromatic heterocycles. The number of nitrogens with one attached hydrogen (secondary N) is 2. The Bertz CT molecular complexity index is 1150. The molecule has 2 aromatic rings. The first-order valence-electron chi connectivity index (χ1n) is 11.3. The molecule has 11 heteroatoms. The summed E-state index contributed by atoms with van der Waals surface area (Å²) in [5.41, 5.74) is 2.02. The van der Waals surface area contributed by atoms with Gasteiger partial charge >= 0.3 is 12.1 Å². The Labute approximate surface area is 214 Å². The molecule has 7 nitrogen and oxygen atoms in total. The highest BCUT2D eigenvalue weighted by molar-refractivity contribution is 9.10. The van der Waals surface area contributed by atoms with Gasteiger partial charge < -0.3 is 15.7 Å². The van der Waals surface area contributed by atoms with E-state index in [0.29, 0.717) is 33.4 Å². The van der Waals surface area contributed by atoms with E-state index in [9.17, 15) is 32.7 Å². The molecule has 1 heterocycles. The van der Waals surface area contributed by atoms with E-state index < -0.39 is 54.8 Å². The van der Waals surface area contributed by atoms with Crippen molar-refractivity contribution in [3.05, 3.63) is 64.1 Å². The van der Waals surface area contributed by atoms with Crippen LogP contribution in [0.25, 0.3) is 0 Å². The second-order valence-corrected chi connectivity index (χ2v) is 9.25. The van der Waals surface area contributed by atoms with Gasteiger partial charge in [-0.05, 0) is 34.8 Å². The first-order chi connectivity index (χ1) is 17.0. The summed E-state index contributed by atoms with van der Waals surface area (Å²) in [7, 11) is 0. The van der Waals surface area contributed by atoms with Gasteiger partial charge in [-0.1, -0.05) is 55.8 Å². The number of amides is 2. The molecule has 0 saturated carbocycles. The van der Waals surface area contributed by atoms with E-state index in [0.717, 1.165) is 0 Å². The van der Waals surface area contributed by atoms with Gasteiger partial charge in [-0.2, -0.15) is 13.2 Å². The maximum Gasteiger partial charge on any atom is 0.389 e. The van der Waals surface area contributed by atoms with E-state index in [1.807, 2.05) is 0 Å². The minimum absolute atomic E-state index is 0.0130. The minimum Gasteiger partial charge on any atom is -0.481 e. The Morgan fingerprint density at radius 2 is 1.81 bits per heavy atom. The van der Waals surface area contributed by atoms with Crippen molar-refractivity contribution in [3.63, 3.8) is 0 Å². The van der Waals surface area contributed by atoms with Crippen LogP contribution >= 0.6 is 15.9 Å². The molecule has 3 N–H and O–H groups in total. The van der Waals surface area contributed by atoms with Gasteiger partial charge in [0.25, 0.3) is 5.91 Å². The van der Waals surface area contributed by atoms with E-state index in [4.69, 9.17) is 0 Å². The number of benzodiazepines with no additional fused rings is 1. The lowest BCUT2D eigenvalue weighted by atomic mass is 9.84. The van der Waals surface area contributed by atoms with Crippen molar-refractivity contribution in [2.45, 2.75) is 44.9 Å². The number of alkyl halides is 3. The van der Waals surface area contributed by atoms with Gasteiger partial charge in [0.2, 0.25) is 12.1 Å². The molecule has 0 aliphatic carbocycles. The molecule has 0 fully saturated rings. The maximum atomic E-state index is 13.2. The van der Waals surface area contributed by atoms with Crippen LogP contribution in [0.3, 0.4) is 0 Å². The van der Waals surface area contributed by atoms with Crippen molar-refractivity contribution in [1.29, 1.82) is 0 Å². The van der Waals surface area contributed by atoms with E-state index >= 15 is 0 Å². The molecular weight excluding hydrogens is 543 g/mol. The van der Waals surface area contributed by atoms with Gasteiger partial charge in [-0.25, -0.2) is 4.99 Å².